The van der Waals surface area contributed by atoms with Gasteiger partial charge in [0.1, 0.15) is 139 Å². The summed E-state index contributed by atoms with van der Waals surface area (Å²) in [4.78, 5) is 42.1. The van der Waals surface area contributed by atoms with Crippen LogP contribution in [0, 0.1) is 0 Å². The van der Waals surface area contributed by atoms with Gasteiger partial charge in [-0.15, -0.1) is 0 Å². The number of amides is 2. The summed E-state index contributed by atoms with van der Waals surface area (Å²) >= 11 is 22.3. The number of carboxylic acids is 1. The minimum Gasteiger partial charge on any atom is -0.480 e. The van der Waals surface area contributed by atoms with E-state index < -0.39 is 185 Å². The lowest BCUT2D eigenvalue weighted by atomic mass is 9.99. The summed E-state index contributed by atoms with van der Waals surface area (Å²) in [5.74, 6) is -2.08. The molecule has 620 valence electrons. The normalized spacial score (nSPS) is 28.4. The average molecular weight is 1660 g/mol. The van der Waals surface area contributed by atoms with Gasteiger partial charge in [-0.3, -0.25) is 9.59 Å². The molecule has 0 unspecified atom stereocenters. The van der Waals surface area contributed by atoms with Gasteiger partial charge in [-0.05, 0) is 204 Å². The molecule has 0 bridgehead atoms. The number of aliphatic hydroxyl groups is 16. The van der Waals surface area contributed by atoms with Crippen LogP contribution in [0.25, 0.3) is 0 Å². The summed E-state index contributed by atoms with van der Waals surface area (Å²) in [6.07, 6.45) is -27.9. The van der Waals surface area contributed by atoms with Crippen LogP contribution in [-0.4, -0.2) is 312 Å². The Kier molecular flexibility index (Phi) is 35.6. The molecule has 4 aromatic rings. The van der Waals surface area contributed by atoms with Crippen molar-refractivity contribution < 1.29 is 139 Å². The Balaban J connectivity index is 0.893. The third-order valence-electron chi connectivity index (χ3n) is 18.3. The molecule has 8 rings (SSSR count). The third kappa shape index (κ3) is 26.2. The molecule has 27 N–H and O–H groups in total. The van der Waals surface area contributed by atoms with Gasteiger partial charge in [0.05, 0.1) is 26.4 Å². The first-order valence-electron chi connectivity index (χ1n) is 35.9. The Labute approximate surface area is 663 Å². The first-order chi connectivity index (χ1) is 53.6. The van der Waals surface area contributed by atoms with Crippen molar-refractivity contribution in [3.05, 3.63) is 97.1 Å². The fourth-order valence-corrected chi connectivity index (χ4v) is 12.8. The average Bonchev–Trinajstić information content (AvgIpc) is 0.824. The molecule has 0 saturated carbocycles. The zero-order valence-corrected chi connectivity index (χ0v) is 63.3. The molecule has 112 heavy (non-hydrogen) atoms. The van der Waals surface area contributed by atoms with Gasteiger partial charge in [-0.25, -0.2) is 4.79 Å². The van der Waals surface area contributed by atoms with Crippen molar-refractivity contribution in [2.24, 2.45) is 0 Å². The fraction of sp³-hybridized carbons (Fsp3) is 0.557. The number of aliphatic hydroxyl groups excluding tert-OH is 16. The molecule has 4 fully saturated rings. The van der Waals surface area contributed by atoms with Crippen LogP contribution in [0.2, 0.25) is 0 Å². The summed E-state index contributed by atoms with van der Waals surface area (Å²) < 4.78 is 44.5. The van der Waals surface area contributed by atoms with E-state index in [0.29, 0.717) is 48.4 Å². The minimum atomic E-state index is -1.69. The number of thiocarbonyl (C=S) groups is 4. The molecule has 0 aromatic heterocycles. The summed E-state index contributed by atoms with van der Waals surface area (Å²) in [5, 5.41) is 202. The lowest BCUT2D eigenvalue weighted by molar-refractivity contribution is -0.277. The highest BCUT2D eigenvalue weighted by Crippen LogP contribution is 2.31. The standard InChI is InChI=1S/C70H98N10O28S4/c81-29-44-48(85)52(89)56(93)63(105-44)101-37-18-10-33(11-19-37)74-67(109)71-26-4-1-7-41(60(97)79-43(62(99)100)9-3-6-28-73-69(111)76-35-14-22-39(23-15-35)103-65-58(95)54(91)50(87)46(31-83)107-65)78-61(98)42(80-70(112)77-36-16-24-40(25-17-36)104-66-59(96)55(92)51(88)47(32-84)108-66)8-2-5-27-72-68(110)75-34-12-20-38(21-13-34)102-64-57(94)53(90)49(86)45(30-82)106-64/h10-25,41-59,63-66,81-96H,1-9,26-32H2,(H,78,98)(H,79,97)(H,99,100)(H2,71,74,109)(H2,72,75,110)(H2,73,76,111)(H2,77,80,112)/t41-,42-,43-,44+,45+,46+,47+,48-,49-,50-,51-,52-,53-,54-,55-,56+,57+,58+,59+,63+,64+,65+,66+/m0/s1. The maximum atomic E-state index is 14.8. The molecule has 0 aliphatic carbocycles. The molecule has 4 heterocycles. The predicted molar refractivity (Wildman–Crippen MR) is 412 cm³/mol. The number of nitrogens with one attached hydrogen (secondary N) is 10. The van der Waals surface area contributed by atoms with Gasteiger partial charge in [0.2, 0.25) is 37.0 Å². The molecule has 4 aliphatic heterocycles. The number of carbonyl (C=O) groups is 3. The van der Waals surface area contributed by atoms with Crippen LogP contribution >= 0.6 is 48.9 Å². The van der Waals surface area contributed by atoms with Crippen molar-refractivity contribution in [3.63, 3.8) is 0 Å². The Bertz CT molecular complexity index is 3630. The van der Waals surface area contributed by atoms with E-state index in [-0.39, 0.29) is 95.2 Å². The van der Waals surface area contributed by atoms with Crippen molar-refractivity contribution in [2.45, 2.75) is 199 Å². The number of carboxylic acid groups (broad SMARTS) is 1. The Morgan fingerprint density at radius 1 is 0.321 bits per heavy atom. The van der Waals surface area contributed by atoms with Gasteiger partial charge in [0.15, 0.2) is 20.4 Å². The highest BCUT2D eigenvalue weighted by molar-refractivity contribution is 7.81. The molecular weight excluding hydrogens is 1560 g/mol. The van der Waals surface area contributed by atoms with Crippen LogP contribution in [-0.2, 0) is 33.3 Å². The summed E-state index contributed by atoms with van der Waals surface area (Å²) in [5.41, 5.74) is 1.92. The molecule has 4 saturated heterocycles. The topological polar surface area (TPSA) is 589 Å². The maximum absolute atomic E-state index is 14.8. The van der Waals surface area contributed by atoms with Crippen LogP contribution in [0.1, 0.15) is 57.8 Å². The maximum Gasteiger partial charge on any atom is 0.326 e. The molecule has 0 radical (unpaired) electrons. The van der Waals surface area contributed by atoms with Crippen LogP contribution in [0.4, 0.5) is 22.7 Å². The Hall–Kier alpha value is -7.55. The highest BCUT2D eigenvalue weighted by Gasteiger charge is 2.48. The smallest absolute Gasteiger partial charge is 0.326 e. The SMILES string of the molecule is O=C(O)[C@H](CCCCNC(=S)Nc1ccc(O[C@@H]2O[C@H](CO)[C@H](O)[C@H](O)[C@H]2O)cc1)NC(=O)[C@H](CCCCNC(=S)Nc1ccc(O[C@@H]2O[C@H](CO)[C@H](O)[C@H](O)[C@H]2O)cc1)NC(=O)[C@H](CCCCNC(=S)Nc1ccc(O[C@@H]2O[C@H](CO)[C@H](O)[C@H](O)[C@H]2O)cc1)NC(=S)Nc1ccc(O[C@@H]2O[C@H](CO)[C@H](O)[C@H](O)[C@H]2O)cc1. The summed E-state index contributed by atoms with van der Waals surface area (Å²) in [6, 6.07) is 20.8. The van der Waals surface area contributed by atoms with Gasteiger partial charge in [0, 0.05) is 42.4 Å². The van der Waals surface area contributed by atoms with Crippen molar-refractivity contribution in [1.29, 1.82) is 0 Å². The number of hydrogen-bond acceptors (Lipinski definition) is 31. The number of rotatable bonds is 37. The molecular formula is C70H98N10O28S4. The van der Waals surface area contributed by atoms with Crippen LogP contribution in [0.3, 0.4) is 0 Å². The number of carbonyl (C=O) groups excluding carboxylic acids is 2. The van der Waals surface area contributed by atoms with E-state index in [1.165, 1.54) is 60.7 Å². The van der Waals surface area contributed by atoms with Crippen LogP contribution < -0.4 is 72.1 Å². The number of hydrogen-bond donors (Lipinski definition) is 27. The molecule has 38 nitrogen and oxygen atoms in total. The van der Waals surface area contributed by atoms with E-state index >= 15 is 0 Å². The Morgan fingerprint density at radius 3 is 0.804 bits per heavy atom. The van der Waals surface area contributed by atoms with E-state index in [9.17, 15) is 101 Å². The fourth-order valence-electron chi connectivity index (χ4n) is 11.9. The van der Waals surface area contributed by atoms with Gasteiger partial charge in [-0.2, -0.15) is 0 Å². The molecule has 2 amide bonds. The van der Waals surface area contributed by atoms with Crippen LogP contribution in [0.15, 0.2) is 97.1 Å². The second kappa shape index (κ2) is 44.4. The molecule has 23 atom stereocenters. The lowest BCUT2D eigenvalue weighted by Gasteiger charge is -2.39. The minimum absolute atomic E-state index is 0.0145. The van der Waals surface area contributed by atoms with Gasteiger partial charge >= 0.3 is 5.97 Å². The first kappa shape index (κ1) is 90.0. The van der Waals surface area contributed by atoms with Crippen molar-refractivity contribution in [2.75, 3.05) is 67.3 Å². The molecule has 0 spiro atoms. The monoisotopic (exact) mass is 1650 g/mol. The second-order valence-electron chi connectivity index (χ2n) is 26.6. The zero-order valence-electron chi connectivity index (χ0n) is 60.1. The molecule has 4 aliphatic rings. The molecule has 42 heteroatoms. The quantitative estimate of drug-likeness (QED) is 0.0150. The number of ether oxygens (including phenoxy) is 8. The Morgan fingerprint density at radius 2 is 0.554 bits per heavy atom. The van der Waals surface area contributed by atoms with Crippen molar-refractivity contribution >= 4 is 110 Å². The van der Waals surface area contributed by atoms with Gasteiger partial charge in [0.25, 0.3) is 0 Å². The number of unbranched alkanes of at least 4 members (excludes halogenated alkanes) is 3. The largest absolute Gasteiger partial charge is 0.480 e. The van der Waals surface area contributed by atoms with Gasteiger partial charge < -0.3 is 178 Å². The summed E-state index contributed by atoms with van der Waals surface area (Å²) in [7, 11) is 0. The lowest BCUT2D eigenvalue weighted by Crippen LogP contribution is -2.60. The van der Waals surface area contributed by atoms with Crippen LogP contribution in [0.5, 0.6) is 23.0 Å². The second-order valence-corrected chi connectivity index (χ2v) is 28.2. The highest BCUT2D eigenvalue weighted by atomic mass is 32.1. The van der Waals surface area contributed by atoms with E-state index in [0.717, 1.165) is 0 Å². The zero-order chi connectivity index (χ0) is 81.3. The van der Waals surface area contributed by atoms with Crippen molar-refractivity contribution in [1.82, 2.24) is 31.9 Å². The third-order valence-corrected chi connectivity index (χ3v) is 19.3. The molecule has 4 aromatic carbocycles. The van der Waals surface area contributed by atoms with E-state index in [1.54, 1.807) is 36.4 Å². The van der Waals surface area contributed by atoms with Crippen molar-refractivity contribution in [3.8, 4) is 23.0 Å². The van der Waals surface area contributed by atoms with Gasteiger partial charge in [-0.1, -0.05) is 0 Å². The number of benzene rings is 4. The first-order valence-corrected chi connectivity index (χ1v) is 37.6. The predicted octanol–water partition coefficient (Wildman–Crippen LogP) is -4.42. The van der Waals surface area contributed by atoms with E-state index in [4.69, 9.17) is 86.8 Å². The summed E-state index contributed by atoms with van der Waals surface area (Å²) in [6.45, 7) is -1.78. The van der Waals surface area contributed by atoms with E-state index in [1.807, 2.05) is 0 Å². The number of anilines is 4. The number of aliphatic carboxylic acids is 1. The van der Waals surface area contributed by atoms with E-state index in [2.05, 4.69) is 53.2 Å².